The summed E-state index contributed by atoms with van der Waals surface area (Å²) >= 11 is 0. The van der Waals surface area contributed by atoms with E-state index in [0.29, 0.717) is 37.2 Å². The molecule has 5 nitrogen and oxygen atoms in total. The molecule has 0 saturated carbocycles. The number of fused-ring (bicyclic) bond motifs is 1. The van der Waals surface area contributed by atoms with Crippen LogP contribution >= 0.6 is 0 Å². The van der Waals surface area contributed by atoms with Crippen LogP contribution in [0.15, 0.2) is 18.3 Å². The number of halogens is 1. The first kappa shape index (κ1) is 15.8. The number of amides is 1. The maximum absolute atomic E-state index is 13.6. The zero-order valence-corrected chi connectivity index (χ0v) is 13.4. The summed E-state index contributed by atoms with van der Waals surface area (Å²) in [5.74, 6) is -0.606. The quantitative estimate of drug-likeness (QED) is 0.945. The van der Waals surface area contributed by atoms with Gasteiger partial charge in [-0.15, -0.1) is 0 Å². The van der Waals surface area contributed by atoms with Crippen molar-refractivity contribution in [2.75, 3.05) is 26.3 Å². The highest BCUT2D eigenvalue weighted by atomic mass is 19.1. The number of carbonyl (C=O) groups is 1. The number of hydrogen-bond acceptors (Lipinski definition) is 3. The van der Waals surface area contributed by atoms with Crippen molar-refractivity contribution < 1.29 is 19.0 Å². The van der Waals surface area contributed by atoms with Crippen molar-refractivity contribution in [3.63, 3.8) is 0 Å². The fraction of sp³-hybridized carbons (Fsp3) is 0.471. The number of hydrogen-bond donors (Lipinski definition) is 1. The lowest BCUT2D eigenvalue weighted by molar-refractivity contribution is -0.134. The van der Waals surface area contributed by atoms with Crippen molar-refractivity contribution in [3.05, 3.63) is 29.7 Å². The Morgan fingerprint density at radius 2 is 2.04 bits per heavy atom. The van der Waals surface area contributed by atoms with Gasteiger partial charge < -0.3 is 19.3 Å². The van der Waals surface area contributed by atoms with Crippen molar-refractivity contribution in [3.8, 4) is 5.75 Å². The third-order valence-corrected chi connectivity index (χ3v) is 4.22. The van der Waals surface area contributed by atoms with Gasteiger partial charge in [-0.2, -0.15) is 0 Å². The Labute approximate surface area is 134 Å². The standard InChI is InChI=1S/C17H21FN2O3/c1-11(2)20-10-12(7-16(22)19-3-5-23-6-4-19)17-14(20)8-13(18)9-15(17)21/h8-11,21H,3-7H2,1-2H3. The van der Waals surface area contributed by atoms with Crippen LogP contribution in [-0.4, -0.2) is 46.8 Å². The van der Waals surface area contributed by atoms with Crippen LogP contribution in [0, 0.1) is 5.82 Å². The summed E-state index contributed by atoms with van der Waals surface area (Å²) < 4.78 is 20.8. The van der Waals surface area contributed by atoms with Crippen LogP contribution < -0.4 is 0 Å². The van der Waals surface area contributed by atoms with Gasteiger partial charge in [0, 0.05) is 36.8 Å². The van der Waals surface area contributed by atoms with E-state index in [1.54, 1.807) is 4.90 Å². The molecule has 0 atom stereocenters. The molecule has 1 aromatic heterocycles. The van der Waals surface area contributed by atoms with E-state index >= 15 is 0 Å². The predicted molar refractivity (Wildman–Crippen MR) is 85.0 cm³/mol. The summed E-state index contributed by atoms with van der Waals surface area (Å²) in [5, 5.41) is 10.7. The number of ether oxygens (including phenoxy) is 1. The fourth-order valence-electron chi connectivity index (χ4n) is 3.06. The number of phenolic OH excluding ortho intramolecular Hbond substituents is 1. The largest absolute Gasteiger partial charge is 0.507 e. The molecule has 23 heavy (non-hydrogen) atoms. The highest BCUT2D eigenvalue weighted by Crippen LogP contribution is 2.33. The Morgan fingerprint density at radius 1 is 1.35 bits per heavy atom. The van der Waals surface area contributed by atoms with E-state index in [1.165, 1.54) is 6.07 Å². The fourth-order valence-corrected chi connectivity index (χ4v) is 3.06. The van der Waals surface area contributed by atoms with Gasteiger partial charge in [0.15, 0.2) is 0 Å². The molecule has 3 rings (SSSR count). The third kappa shape index (κ3) is 3.03. The second-order valence-corrected chi connectivity index (χ2v) is 6.14. The molecule has 0 spiro atoms. The number of aromatic nitrogens is 1. The van der Waals surface area contributed by atoms with E-state index in [0.717, 1.165) is 11.6 Å². The summed E-state index contributed by atoms with van der Waals surface area (Å²) in [7, 11) is 0. The molecule has 124 valence electrons. The van der Waals surface area contributed by atoms with Gasteiger partial charge in [-0.3, -0.25) is 4.79 Å². The SMILES string of the molecule is CC(C)n1cc(CC(=O)N2CCOCC2)c2c(O)cc(F)cc21. The van der Waals surface area contributed by atoms with Crippen LogP contribution in [0.25, 0.3) is 10.9 Å². The Hall–Kier alpha value is -2.08. The highest BCUT2D eigenvalue weighted by molar-refractivity contribution is 5.93. The van der Waals surface area contributed by atoms with E-state index < -0.39 is 5.82 Å². The monoisotopic (exact) mass is 320 g/mol. The summed E-state index contributed by atoms with van der Waals surface area (Å²) in [6, 6.07) is 2.60. The van der Waals surface area contributed by atoms with Crippen molar-refractivity contribution in [1.29, 1.82) is 0 Å². The summed E-state index contributed by atoms with van der Waals surface area (Å²) in [5.41, 5.74) is 1.34. The maximum atomic E-state index is 13.6. The molecule has 1 aromatic carbocycles. The van der Waals surface area contributed by atoms with Crippen LogP contribution in [0.5, 0.6) is 5.75 Å². The van der Waals surface area contributed by atoms with Crippen LogP contribution in [0.2, 0.25) is 0 Å². The van der Waals surface area contributed by atoms with E-state index in [9.17, 15) is 14.3 Å². The molecule has 0 aliphatic carbocycles. The Balaban J connectivity index is 1.98. The van der Waals surface area contributed by atoms with Gasteiger partial charge in [0.05, 0.1) is 25.2 Å². The number of benzene rings is 1. The first-order chi connectivity index (χ1) is 11.0. The summed E-state index contributed by atoms with van der Waals surface area (Å²) in [4.78, 5) is 14.2. The minimum absolute atomic E-state index is 0.000156. The lowest BCUT2D eigenvalue weighted by Gasteiger charge is -2.26. The molecule has 0 bridgehead atoms. The molecular weight excluding hydrogens is 299 g/mol. The van der Waals surface area contributed by atoms with Gasteiger partial charge >= 0.3 is 0 Å². The van der Waals surface area contributed by atoms with E-state index in [-0.39, 0.29) is 24.1 Å². The number of morpholine rings is 1. The van der Waals surface area contributed by atoms with Crippen molar-refractivity contribution >= 4 is 16.8 Å². The second-order valence-electron chi connectivity index (χ2n) is 6.14. The molecule has 2 aromatic rings. The van der Waals surface area contributed by atoms with Crippen LogP contribution in [0.4, 0.5) is 4.39 Å². The number of carbonyl (C=O) groups excluding carboxylic acids is 1. The molecule has 1 N–H and O–H groups in total. The van der Waals surface area contributed by atoms with E-state index in [4.69, 9.17) is 4.74 Å². The Morgan fingerprint density at radius 3 is 2.70 bits per heavy atom. The number of phenols is 1. The molecule has 1 saturated heterocycles. The lowest BCUT2D eigenvalue weighted by atomic mass is 10.1. The molecule has 1 fully saturated rings. The van der Waals surface area contributed by atoms with Crippen LogP contribution in [-0.2, 0) is 16.0 Å². The van der Waals surface area contributed by atoms with Gasteiger partial charge in [0.2, 0.25) is 5.91 Å². The minimum Gasteiger partial charge on any atom is -0.507 e. The summed E-state index contributed by atoms with van der Waals surface area (Å²) in [6.07, 6.45) is 2.03. The van der Waals surface area contributed by atoms with Crippen LogP contribution in [0.3, 0.4) is 0 Å². The molecule has 1 aliphatic rings. The van der Waals surface area contributed by atoms with Gasteiger partial charge in [0.25, 0.3) is 0 Å². The van der Waals surface area contributed by atoms with Gasteiger partial charge in [-0.05, 0) is 25.5 Å². The lowest BCUT2D eigenvalue weighted by Crippen LogP contribution is -2.41. The zero-order valence-electron chi connectivity index (χ0n) is 13.4. The first-order valence-electron chi connectivity index (χ1n) is 7.85. The minimum atomic E-state index is -0.485. The van der Waals surface area contributed by atoms with Crippen molar-refractivity contribution in [1.82, 2.24) is 9.47 Å². The predicted octanol–water partition coefficient (Wildman–Crippen LogP) is 2.47. The van der Waals surface area contributed by atoms with Crippen molar-refractivity contribution in [2.45, 2.75) is 26.3 Å². The average molecular weight is 320 g/mol. The van der Waals surface area contributed by atoms with E-state index in [2.05, 4.69) is 0 Å². The molecular formula is C17H21FN2O3. The number of nitrogens with zero attached hydrogens (tertiary/aromatic N) is 2. The second kappa shape index (κ2) is 6.20. The molecule has 1 amide bonds. The van der Waals surface area contributed by atoms with Gasteiger partial charge in [0.1, 0.15) is 11.6 Å². The molecule has 0 radical (unpaired) electrons. The Bertz CT molecular complexity index is 733. The van der Waals surface area contributed by atoms with Crippen molar-refractivity contribution in [2.24, 2.45) is 0 Å². The van der Waals surface area contributed by atoms with Gasteiger partial charge in [-0.1, -0.05) is 0 Å². The molecule has 0 unspecified atom stereocenters. The van der Waals surface area contributed by atoms with E-state index in [1.807, 2.05) is 24.6 Å². The average Bonchev–Trinajstić information content (AvgIpc) is 2.87. The summed E-state index contributed by atoms with van der Waals surface area (Å²) in [6.45, 7) is 6.24. The normalized spacial score (nSPS) is 15.6. The Kier molecular flexibility index (Phi) is 4.26. The topological polar surface area (TPSA) is 54.7 Å². The molecule has 1 aliphatic heterocycles. The molecule has 6 heteroatoms. The van der Waals surface area contributed by atoms with Gasteiger partial charge in [-0.25, -0.2) is 4.39 Å². The zero-order chi connectivity index (χ0) is 16.6. The number of rotatable bonds is 3. The smallest absolute Gasteiger partial charge is 0.227 e. The third-order valence-electron chi connectivity index (χ3n) is 4.22. The number of aromatic hydroxyl groups is 1. The highest BCUT2D eigenvalue weighted by Gasteiger charge is 2.21. The van der Waals surface area contributed by atoms with Crippen LogP contribution in [0.1, 0.15) is 25.5 Å². The first-order valence-corrected chi connectivity index (χ1v) is 7.85. The maximum Gasteiger partial charge on any atom is 0.227 e. The molecule has 2 heterocycles.